The molecule has 0 atom stereocenters. The summed E-state index contributed by atoms with van der Waals surface area (Å²) in [5.41, 5.74) is 6.36. The molecule has 0 aliphatic heterocycles. The summed E-state index contributed by atoms with van der Waals surface area (Å²) < 4.78 is 5.67. The number of rotatable bonds is 8. The minimum Gasteiger partial charge on any atom is -0.492 e. The van der Waals surface area contributed by atoms with Crippen LogP contribution < -0.4 is 10.5 Å². The molecular weight excluding hydrogens is 238 g/mol. The molecular formula is C15H23N3O. The van der Waals surface area contributed by atoms with Gasteiger partial charge in [0, 0.05) is 31.7 Å². The van der Waals surface area contributed by atoms with Gasteiger partial charge in [0.15, 0.2) is 0 Å². The third-order valence-electron chi connectivity index (χ3n) is 2.72. The molecule has 104 valence electrons. The first-order valence-electron chi connectivity index (χ1n) is 6.69. The normalized spacial score (nSPS) is 10.7. The first kappa shape index (κ1) is 15.3. The van der Waals surface area contributed by atoms with Crippen molar-refractivity contribution < 1.29 is 4.74 Å². The molecule has 4 nitrogen and oxygen atoms in total. The van der Waals surface area contributed by atoms with Gasteiger partial charge in [-0.15, -0.1) is 0 Å². The average Bonchev–Trinajstić information content (AvgIpc) is 2.37. The van der Waals surface area contributed by atoms with Gasteiger partial charge < -0.3 is 10.5 Å². The van der Waals surface area contributed by atoms with Crippen molar-refractivity contribution in [2.75, 3.05) is 32.0 Å². The summed E-state index contributed by atoms with van der Waals surface area (Å²) in [6.07, 6.45) is 0.564. The van der Waals surface area contributed by atoms with Crippen LogP contribution in [0.3, 0.4) is 0 Å². The number of hydrogen-bond donors (Lipinski definition) is 1. The molecule has 0 bridgehead atoms. The van der Waals surface area contributed by atoms with Crippen LogP contribution in [0, 0.1) is 17.2 Å². The zero-order valence-corrected chi connectivity index (χ0v) is 11.8. The fourth-order valence-corrected chi connectivity index (χ4v) is 1.88. The molecule has 0 spiro atoms. The minimum atomic E-state index is 0.564. The van der Waals surface area contributed by atoms with Crippen molar-refractivity contribution in [2.24, 2.45) is 5.92 Å². The second-order valence-electron chi connectivity index (χ2n) is 5.02. The third kappa shape index (κ3) is 6.68. The van der Waals surface area contributed by atoms with E-state index in [-0.39, 0.29) is 0 Å². The van der Waals surface area contributed by atoms with Crippen LogP contribution >= 0.6 is 0 Å². The van der Waals surface area contributed by atoms with Gasteiger partial charge in [0.25, 0.3) is 0 Å². The van der Waals surface area contributed by atoms with E-state index in [4.69, 9.17) is 15.7 Å². The number of nitrogen functional groups attached to an aromatic ring is 1. The second-order valence-corrected chi connectivity index (χ2v) is 5.02. The third-order valence-corrected chi connectivity index (χ3v) is 2.72. The Bertz CT molecular complexity index is 395. The Kier molecular flexibility index (Phi) is 6.76. The fourth-order valence-electron chi connectivity index (χ4n) is 1.88. The fraction of sp³-hybridized carbons (Fsp3) is 0.533. The predicted molar refractivity (Wildman–Crippen MR) is 77.9 cm³/mol. The second kappa shape index (κ2) is 8.39. The standard InChI is InChI=1S/C15H23N3O/c1-13(2)12-18(9-3-8-16)10-11-19-15-6-4-14(17)5-7-15/h4-7,13H,3,9-12,17H2,1-2H3. The molecule has 0 unspecified atom stereocenters. The summed E-state index contributed by atoms with van der Waals surface area (Å²) in [4.78, 5) is 2.27. The summed E-state index contributed by atoms with van der Waals surface area (Å²) >= 11 is 0. The van der Waals surface area contributed by atoms with E-state index in [0.717, 1.165) is 31.1 Å². The lowest BCUT2D eigenvalue weighted by Crippen LogP contribution is -2.32. The van der Waals surface area contributed by atoms with Gasteiger partial charge in [-0.3, -0.25) is 4.90 Å². The number of nitriles is 1. The van der Waals surface area contributed by atoms with E-state index in [1.54, 1.807) is 0 Å². The lowest BCUT2D eigenvalue weighted by atomic mass is 10.2. The van der Waals surface area contributed by atoms with Crippen molar-refractivity contribution in [1.82, 2.24) is 4.90 Å². The molecule has 0 heterocycles. The number of nitrogens with zero attached hydrogens (tertiary/aromatic N) is 2. The van der Waals surface area contributed by atoms with E-state index < -0.39 is 0 Å². The number of nitrogens with two attached hydrogens (primary N) is 1. The van der Waals surface area contributed by atoms with E-state index >= 15 is 0 Å². The molecule has 0 saturated carbocycles. The van der Waals surface area contributed by atoms with Gasteiger partial charge in [-0.25, -0.2) is 0 Å². The average molecular weight is 261 g/mol. The van der Waals surface area contributed by atoms with E-state index in [2.05, 4.69) is 24.8 Å². The van der Waals surface area contributed by atoms with Gasteiger partial charge in [-0.05, 0) is 30.2 Å². The summed E-state index contributed by atoms with van der Waals surface area (Å²) in [5, 5.41) is 8.66. The monoisotopic (exact) mass is 261 g/mol. The topological polar surface area (TPSA) is 62.3 Å². The van der Waals surface area contributed by atoms with Gasteiger partial charge in [0.1, 0.15) is 12.4 Å². The summed E-state index contributed by atoms with van der Waals surface area (Å²) in [7, 11) is 0. The van der Waals surface area contributed by atoms with Crippen molar-refractivity contribution in [1.29, 1.82) is 5.26 Å². The van der Waals surface area contributed by atoms with Crippen molar-refractivity contribution in [2.45, 2.75) is 20.3 Å². The van der Waals surface area contributed by atoms with E-state index in [0.29, 0.717) is 18.9 Å². The Labute approximate surface area is 115 Å². The largest absolute Gasteiger partial charge is 0.492 e. The van der Waals surface area contributed by atoms with Crippen LogP contribution in [0.4, 0.5) is 5.69 Å². The summed E-state index contributed by atoms with van der Waals surface area (Å²) in [5.74, 6) is 1.43. The van der Waals surface area contributed by atoms with Crippen LogP contribution in [0.5, 0.6) is 5.75 Å². The highest BCUT2D eigenvalue weighted by molar-refractivity contribution is 5.41. The van der Waals surface area contributed by atoms with Crippen molar-refractivity contribution in [3.05, 3.63) is 24.3 Å². The lowest BCUT2D eigenvalue weighted by Gasteiger charge is -2.23. The molecule has 0 aromatic heterocycles. The Hall–Kier alpha value is -1.73. The highest BCUT2D eigenvalue weighted by Gasteiger charge is 2.07. The summed E-state index contributed by atoms with van der Waals surface area (Å²) in [6, 6.07) is 9.59. The Balaban J connectivity index is 2.34. The van der Waals surface area contributed by atoms with Gasteiger partial charge >= 0.3 is 0 Å². The van der Waals surface area contributed by atoms with Crippen molar-refractivity contribution in [3.8, 4) is 11.8 Å². The van der Waals surface area contributed by atoms with Gasteiger partial charge in [-0.1, -0.05) is 13.8 Å². The van der Waals surface area contributed by atoms with Crippen LogP contribution in [0.25, 0.3) is 0 Å². The summed E-state index contributed by atoms with van der Waals surface area (Å²) in [6.45, 7) is 7.62. The molecule has 19 heavy (non-hydrogen) atoms. The molecule has 1 aromatic carbocycles. The number of hydrogen-bond acceptors (Lipinski definition) is 4. The first-order valence-corrected chi connectivity index (χ1v) is 6.69. The van der Waals surface area contributed by atoms with Gasteiger partial charge in [0.2, 0.25) is 0 Å². The maximum atomic E-state index is 8.66. The maximum Gasteiger partial charge on any atom is 0.119 e. The molecule has 1 rings (SSSR count). The lowest BCUT2D eigenvalue weighted by molar-refractivity contribution is 0.196. The van der Waals surface area contributed by atoms with Crippen LogP contribution in [-0.4, -0.2) is 31.1 Å². The van der Waals surface area contributed by atoms with Gasteiger partial charge in [0.05, 0.1) is 6.07 Å². The van der Waals surface area contributed by atoms with Crippen LogP contribution in [0.2, 0.25) is 0 Å². The molecule has 0 radical (unpaired) electrons. The van der Waals surface area contributed by atoms with E-state index in [1.165, 1.54) is 0 Å². The number of anilines is 1. The SMILES string of the molecule is CC(C)CN(CCC#N)CCOc1ccc(N)cc1. The molecule has 1 aromatic rings. The quantitative estimate of drug-likeness (QED) is 0.730. The zero-order chi connectivity index (χ0) is 14.1. The Morgan fingerprint density at radius 1 is 1.26 bits per heavy atom. The highest BCUT2D eigenvalue weighted by atomic mass is 16.5. The molecule has 2 N–H and O–H groups in total. The van der Waals surface area contributed by atoms with Crippen LogP contribution in [-0.2, 0) is 0 Å². The number of benzene rings is 1. The molecule has 0 amide bonds. The Morgan fingerprint density at radius 2 is 1.95 bits per heavy atom. The van der Waals surface area contributed by atoms with E-state index in [9.17, 15) is 0 Å². The molecule has 0 aliphatic rings. The molecule has 4 heteroatoms. The maximum absolute atomic E-state index is 8.66. The molecule has 0 aliphatic carbocycles. The zero-order valence-electron chi connectivity index (χ0n) is 11.8. The van der Waals surface area contributed by atoms with Crippen LogP contribution in [0.1, 0.15) is 20.3 Å². The first-order chi connectivity index (χ1) is 9.11. The van der Waals surface area contributed by atoms with Crippen molar-refractivity contribution in [3.63, 3.8) is 0 Å². The van der Waals surface area contributed by atoms with Crippen LogP contribution in [0.15, 0.2) is 24.3 Å². The highest BCUT2D eigenvalue weighted by Crippen LogP contribution is 2.13. The molecule has 0 fully saturated rings. The Morgan fingerprint density at radius 3 is 2.53 bits per heavy atom. The number of ether oxygens (including phenoxy) is 1. The minimum absolute atomic E-state index is 0.564. The van der Waals surface area contributed by atoms with Crippen molar-refractivity contribution >= 4 is 5.69 Å². The predicted octanol–water partition coefficient (Wildman–Crippen LogP) is 2.52. The van der Waals surface area contributed by atoms with Gasteiger partial charge in [-0.2, -0.15) is 5.26 Å². The molecule has 0 saturated heterocycles. The van der Waals surface area contributed by atoms with E-state index in [1.807, 2.05) is 24.3 Å². The smallest absolute Gasteiger partial charge is 0.119 e.